The summed E-state index contributed by atoms with van der Waals surface area (Å²) >= 11 is 0. The van der Waals surface area contributed by atoms with Gasteiger partial charge in [-0.05, 0) is 28.7 Å². The van der Waals surface area contributed by atoms with Gasteiger partial charge in [-0.3, -0.25) is 14.6 Å². The van der Waals surface area contributed by atoms with Gasteiger partial charge in [0.25, 0.3) is 5.91 Å². The molecule has 2 aromatic rings. The van der Waals surface area contributed by atoms with Crippen molar-refractivity contribution in [3.05, 3.63) is 70.8 Å². The quantitative estimate of drug-likeness (QED) is 0.787. The lowest BCUT2D eigenvalue weighted by Gasteiger charge is -2.28. The standard InChI is InChI=1S/C22H23N3O2/c26-21-20-12-16-6-1-2-9-19(16)15-25(20)22(27)24(21)11-5-10-23-13-17-7-3-4-8-18(17)14-23/h1-4,6-9,20H,5,10-15H2/t20-/m0/s1. The molecule has 1 saturated heterocycles. The van der Waals surface area contributed by atoms with Gasteiger partial charge in [0.1, 0.15) is 6.04 Å². The van der Waals surface area contributed by atoms with Crippen molar-refractivity contribution < 1.29 is 9.59 Å². The lowest BCUT2D eigenvalue weighted by atomic mass is 9.95. The number of hydrogen-bond donors (Lipinski definition) is 0. The minimum atomic E-state index is -0.316. The molecular weight excluding hydrogens is 338 g/mol. The van der Waals surface area contributed by atoms with E-state index in [1.54, 1.807) is 4.90 Å². The Morgan fingerprint density at radius 1 is 0.778 bits per heavy atom. The monoisotopic (exact) mass is 361 g/mol. The molecule has 0 spiro atoms. The molecule has 1 atom stereocenters. The van der Waals surface area contributed by atoms with Gasteiger partial charge in [-0.15, -0.1) is 0 Å². The second-order valence-electron chi connectivity index (χ2n) is 7.72. The van der Waals surface area contributed by atoms with Crippen LogP contribution in [0.4, 0.5) is 4.79 Å². The van der Waals surface area contributed by atoms with Crippen LogP contribution in [0.25, 0.3) is 0 Å². The predicted octanol–water partition coefficient (Wildman–Crippen LogP) is 2.78. The number of imide groups is 1. The third kappa shape index (κ3) is 2.82. The SMILES string of the molecule is O=C1[C@@H]2Cc3ccccc3CN2C(=O)N1CCCN1Cc2ccccc2C1. The molecule has 27 heavy (non-hydrogen) atoms. The molecule has 0 saturated carbocycles. The van der Waals surface area contributed by atoms with Crippen LogP contribution >= 0.6 is 0 Å². The van der Waals surface area contributed by atoms with Crippen molar-refractivity contribution in [3.8, 4) is 0 Å². The third-order valence-corrected chi connectivity index (χ3v) is 6.04. The molecule has 0 unspecified atom stereocenters. The van der Waals surface area contributed by atoms with E-state index in [9.17, 15) is 9.59 Å². The second kappa shape index (κ2) is 6.50. The fraction of sp³-hybridized carbons (Fsp3) is 0.364. The second-order valence-corrected chi connectivity index (χ2v) is 7.72. The fourth-order valence-corrected chi connectivity index (χ4v) is 4.59. The van der Waals surface area contributed by atoms with Crippen molar-refractivity contribution in [1.82, 2.24) is 14.7 Å². The topological polar surface area (TPSA) is 43.9 Å². The van der Waals surface area contributed by atoms with Crippen LogP contribution in [0.2, 0.25) is 0 Å². The Labute approximate surface area is 159 Å². The van der Waals surface area contributed by atoms with Crippen LogP contribution in [0.5, 0.6) is 0 Å². The van der Waals surface area contributed by atoms with Gasteiger partial charge in [-0.2, -0.15) is 0 Å². The van der Waals surface area contributed by atoms with Crippen LogP contribution in [-0.2, 0) is 30.8 Å². The summed E-state index contributed by atoms with van der Waals surface area (Å²) in [6.45, 7) is 3.87. The highest BCUT2D eigenvalue weighted by molar-refractivity contribution is 6.04. The molecule has 1 fully saturated rings. The molecule has 5 heteroatoms. The Morgan fingerprint density at radius 2 is 1.37 bits per heavy atom. The first-order valence-corrected chi connectivity index (χ1v) is 9.68. The molecule has 3 aliphatic rings. The van der Waals surface area contributed by atoms with Gasteiger partial charge in [0, 0.05) is 39.1 Å². The maximum Gasteiger partial charge on any atom is 0.327 e. The fourth-order valence-electron chi connectivity index (χ4n) is 4.59. The first-order chi connectivity index (χ1) is 13.2. The summed E-state index contributed by atoms with van der Waals surface area (Å²) in [6, 6.07) is 16.2. The highest BCUT2D eigenvalue weighted by Gasteiger charge is 2.46. The average molecular weight is 361 g/mol. The lowest BCUT2D eigenvalue weighted by molar-refractivity contribution is -0.128. The van der Waals surface area contributed by atoms with Gasteiger partial charge in [0.15, 0.2) is 0 Å². The minimum absolute atomic E-state index is 0.0285. The molecule has 0 bridgehead atoms. The number of rotatable bonds is 4. The zero-order valence-corrected chi connectivity index (χ0v) is 15.3. The Morgan fingerprint density at radius 3 is 2.04 bits per heavy atom. The molecule has 3 aliphatic heterocycles. The van der Waals surface area contributed by atoms with Crippen molar-refractivity contribution in [3.63, 3.8) is 0 Å². The normalized spacial score (nSPS) is 21.4. The van der Waals surface area contributed by atoms with Crippen molar-refractivity contribution in [2.75, 3.05) is 13.1 Å². The van der Waals surface area contributed by atoms with E-state index in [4.69, 9.17) is 0 Å². The van der Waals surface area contributed by atoms with Crippen LogP contribution in [0.15, 0.2) is 48.5 Å². The summed E-state index contributed by atoms with van der Waals surface area (Å²) < 4.78 is 0. The van der Waals surface area contributed by atoms with E-state index >= 15 is 0 Å². The highest BCUT2D eigenvalue weighted by Crippen LogP contribution is 2.30. The number of urea groups is 1. The van der Waals surface area contributed by atoms with Crippen molar-refractivity contribution in [2.45, 2.75) is 38.5 Å². The number of nitrogens with zero attached hydrogens (tertiary/aromatic N) is 3. The Balaban J connectivity index is 1.20. The molecule has 5 nitrogen and oxygen atoms in total. The van der Waals surface area contributed by atoms with Crippen LogP contribution in [0, 0.1) is 0 Å². The van der Waals surface area contributed by atoms with E-state index in [1.807, 2.05) is 12.1 Å². The molecule has 138 valence electrons. The smallest absolute Gasteiger partial charge is 0.308 e. The Hall–Kier alpha value is -2.66. The summed E-state index contributed by atoms with van der Waals surface area (Å²) in [5, 5.41) is 0. The molecule has 0 N–H and O–H groups in total. The van der Waals surface area contributed by atoms with E-state index < -0.39 is 0 Å². The van der Waals surface area contributed by atoms with Crippen molar-refractivity contribution in [1.29, 1.82) is 0 Å². The van der Waals surface area contributed by atoms with E-state index in [1.165, 1.54) is 21.6 Å². The Kier molecular flexibility index (Phi) is 3.97. The van der Waals surface area contributed by atoms with Crippen molar-refractivity contribution in [2.24, 2.45) is 0 Å². The zero-order valence-electron chi connectivity index (χ0n) is 15.3. The number of hydrogen-bond acceptors (Lipinski definition) is 3. The van der Waals surface area contributed by atoms with E-state index in [-0.39, 0.29) is 18.0 Å². The molecule has 5 rings (SSSR count). The number of amides is 3. The van der Waals surface area contributed by atoms with Gasteiger partial charge < -0.3 is 4.90 Å². The highest BCUT2D eigenvalue weighted by atomic mass is 16.2. The largest absolute Gasteiger partial charge is 0.327 e. The van der Waals surface area contributed by atoms with Crippen LogP contribution in [0.3, 0.4) is 0 Å². The first-order valence-electron chi connectivity index (χ1n) is 9.68. The van der Waals surface area contributed by atoms with E-state index in [0.717, 1.165) is 31.6 Å². The molecular formula is C22H23N3O2. The Bertz CT molecular complexity index is 842. The van der Waals surface area contributed by atoms with Crippen LogP contribution < -0.4 is 0 Å². The van der Waals surface area contributed by atoms with Gasteiger partial charge >= 0.3 is 6.03 Å². The zero-order chi connectivity index (χ0) is 18.4. The summed E-state index contributed by atoms with van der Waals surface area (Å²) in [5.74, 6) is -0.0285. The van der Waals surface area contributed by atoms with E-state index in [0.29, 0.717) is 19.5 Å². The van der Waals surface area contributed by atoms with Crippen molar-refractivity contribution >= 4 is 11.9 Å². The van der Waals surface area contributed by atoms with Gasteiger partial charge in [-0.25, -0.2) is 4.79 Å². The summed E-state index contributed by atoms with van der Waals surface area (Å²) in [5.41, 5.74) is 5.13. The van der Waals surface area contributed by atoms with Crippen LogP contribution in [0.1, 0.15) is 28.7 Å². The summed E-state index contributed by atoms with van der Waals surface area (Å²) in [4.78, 5) is 31.2. The van der Waals surface area contributed by atoms with Gasteiger partial charge in [0.2, 0.25) is 0 Å². The molecule has 0 aliphatic carbocycles. The van der Waals surface area contributed by atoms with Gasteiger partial charge in [0.05, 0.1) is 0 Å². The number of fused-ring (bicyclic) bond motifs is 3. The number of benzene rings is 2. The minimum Gasteiger partial charge on any atom is -0.308 e. The average Bonchev–Trinajstić information content (AvgIpc) is 3.21. The summed E-state index contributed by atoms with van der Waals surface area (Å²) in [6.07, 6.45) is 1.46. The van der Waals surface area contributed by atoms with E-state index in [2.05, 4.69) is 41.3 Å². The molecule has 3 amide bonds. The molecule has 3 heterocycles. The third-order valence-electron chi connectivity index (χ3n) is 6.04. The molecule has 2 aromatic carbocycles. The molecule has 0 radical (unpaired) electrons. The number of carbonyl (C=O) groups excluding carboxylic acids is 2. The maximum absolute atomic E-state index is 12.8. The first kappa shape index (κ1) is 16.5. The number of carbonyl (C=O) groups is 2. The lowest BCUT2D eigenvalue weighted by Crippen LogP contribution is -2.39. The summed E-state index contributed by atoms with van der Waals surface area (Å²) in [7, 11) is 0. The van der Waals surface area contributed by atoms with Crippen LogP contribution in [-0.4, -0.2) is 45.8 Å². The predicted molar refractivity (Wildman–Crippen MR) is 102 cm³/mol. The van der Waals surface area contributed by atoms with Gasteiger partial charge in [-0.1, -0.05) is 48.5 Å². The maximum atomic E-state index is 12.8. The molecule has 0 aromatic heterocycles.